The molecule has 1 aromatic rings. The van der Waals surface area contributed by atoms with Crippen molar-refractivity contribution in [3.05, 3.63) is 24.0 Å². The monoisotopic (exact) mass is 251 g/mol. The molecule has 1 aliphatic carbocycles. The zero-order chi connectivity index (χ0) is 13.1. The van der Waals surface area contributed by atoms with E-state index in [1.807, 2.05) is 13.8 Å². The summed E-state index contributed by atoms with van der Waals surface area (Å²) in [6, 6.07) is 4.51. The Morgan fingerprint density at radius 3 is 2.67 bits per heavy atom. The highest BCUT2D eigenvalue weighted by molar-refractivity contribution is 5.93. The molecule has 0 saturated heterocycles. The molecule has 0 bridgehead atoms. The van der Waals surface area contributed by atoms with Crippen LogP contribution < -0.4 is 10.1 Å². The average molecular weight is 251 g/mol. The van der Waals surface area contributed by atoms with Crippen LogP contribution in [0.2, 0.25) is 0 Å². The van der Waals surface area contributed by atoms with E-state index in [0.29, 0.717) is 5.69 Å². The average Bonchev–Trinajstić information content (AvgIpc) is 2.18. The van der Waals surface area contributed by atoms with Gasteiger partial charge in [0.1, 0.15) is 0 Å². The maximum Gasteiger partial charge on any atom is 0.227 e. The van der Waals surface area contributed by atoms with Gasteiger partial charge < -0.3 is 10.1 Å². The van der Waals surface area contributed by atoms with Crippen molar-refractivity contribution >= 4 is 11.6 Å². The number of carbonyl (C=O) groups is 1. The predicted molar refractivity (Wildman–Crippen MR) is 68.1 cm³/mol. The topological polar surface area (TPSA) is 38.3 Å². The second kappa shape index (κ2) is 5.38. The second-order valence-electron chi connectivity index (χ2n) is 4.93. The third-order valence-corrected chi connectivity index (χ3v) is 3.04. The van der Waals surface area contributed by atoms with Gasteiger partial charge in [0.05, 0.1) is 6.10 Å². The summed E-state index contributed by atoms with van der Waals surface area (Å²) in [4.78, 5) is 11.7. The molecule has 0 unspecified atom stereocenters. The van der Waals surface area contributed by atoms with Crippen molar-refractivity contribution < 1.29 is 13.9 Å². The molecule has 1 N–H and O–H groups in total. The molecule has 0 radical (unpaired) electrons. The van der Waals surface area contributed by atoms with E-state index >= 15 is 0 Å². The fourth-order valence-electron chi connectivity index (χ4n) is 1.84. The summed E-state index contributed by atoms with van der Waals surface area (Å²) in [5.41, 5.74) is 0.487. The van der Waals surface area contributed by atoms with Crippen molar-refractivity contribution in [2.24, 2.45) is 5.92 Å². The summed E-state index contributed by atoms with van der Waals surface area (Å²) < 4.78 is 19.0. The second-order valence-corrected chi connectivity index (χ2v) is 4.93. The third kappa shape index (κ3) is 3.00. The molecule has 3 nitrogen and oxygen atoms in total. The van der Waals surface area contributed by atoms with Gasteiger partial charge in [-0.15, -0.1) is 0 Å². The van der Waals surface area contributed by atoms with Crippen molar-refractivity contribution in [3.63, 3.8) is 0 Å². The lowest BCUT2D eigenvalue weighted by Gasteiger charge is -2.24. The van der Waals surface area contributed by atoms with Gasteiger partial charge in [-0.2, -0.15) is 0 Å². The van der Waals surface area contributed by atoms with Crippen LogP contribution in [0.3, 0.4) is 0 Å². The Morgan fingerprint density at radius 2 is 2.17 bits per heavy atom. The highest BCUT2D eigenvalue weighted by atomic mass is 19.1. The highest BCUT2D eigenvalue weighted by Gasteiger charge is 2.25. The van der Waals surface area contributed by atoms with Crippen LogP contribution >= 0.6 is 0 Å². The molecule has 0 aliphatic heterocycles. The van der Waals surface area contributed by atoms with Crippen LogP contribution in [0.15, 0.2) is 18.2 Å². The SMILES string of the molecule is CC(C)Oc1ccc(NC(=O)C2CCC2)cc1F. The van der Waals surface area contributed by atoms with Gasteiger partial charge in [0.15, 0.2) is 11.6 Å². The van der Waals surface area contributed by atoms with Crippen molar-refractivity contribution in [3.8, 4) is 5.75 Å². The molecular weight excluding hydrogens is 233 g/mol. The highest BCUT2D eigenvalue weighted by Crippen LogP contribution is 2.28. The number of rotatable bonds is 4. The molecule has 98 valence electrons. The molecule has 2 rings (SSSR count). The molecule has 1 saturated carbocycles. The summed E-state index contributed by atoms with van der Waals surface area (Å²) in [6.07, 6.45) is 2.90. The van der Waals surface area contributed by atoms with E-state index in [1.165, 1.54) is 6.07 Å². The summed E-state index contributed by atoms with van der Waals surface area (Å²) in [5.74, 6) is -0.153. The van der Waals surface area contributed by atoms with E-state index in [1.54, 1.807) is 12.1 Å². The Kier molecular flexibility index (Phi) is 3.84. The number of carbonyl (C=O) groups excluding carboxylic acids is 1. The first kappa shape index (κ1) is 12.9. The molecule has 1 amide bonds. The van der Waals surface area contributed by atoms with E-state index in [4.69, 9.17) is 4.74 Å². The van der Waals surface area contributed by atoms with Gasteiger partial charge in [-0.25, -0.2) is 4.39 Å². The normalized spacial score (nSPS) is 15.3. The largest absolute Gasteiger partial charge is 0.488 e. The zero-order valence-electron chi connectivity index (χ0n) is 10.7. The van der Waals surface area contributed by atoms with Crippen LogP contribution in [-0.4, -0.2) is 12.0 Å². The predicted octanol–water partition coefficient (Wildman–Crippen LogP) is 3.35. The maximum absolute atomic E-state index is 13.7. The first-order chi connectivity index (χ1) is 8.56. The van der Waals surface area contributed by atoms with E-state index in [-0.39, 0.29) is 23.7 Å². The summed E-state index contributed by atoms with van der Waals surface area (Å²) in [6.45, 7) is 3.68. The van der Waals surface area contributed by atoms with Gasteiger partial charge >= 0.3 is 0 Å². The van der Waals surface area contributed by atoms with Gasteiger partial charge in [-0.05, 0) is 38.8 Å². The molecular formula is C14H18FNO2. The Bertz CT molecular complexity index is 441. The number of amides is 1. The van der Waals surface area contributed by atoms with Crippen molar-refractivity contribution in [2.45, 2.75) is 39.2 Å². The van der Waals surface area contributed by atoms with Crippen LogP contribution in [0.1, 0.15) is 33.1 Å². The van der Waals surface area contributed by atoms with Crippen LogP contribution in [-0.2, 0) is 4.79 Å². The summed E-state index contributed by atoms with van der Waals surface area (Å²) >= 11 is 0. The number of hydrogen-bond donors (Lipinski definition) is 1. The lowest BCUT2D eigenvalue weighted by Crippen LogP contribution is -2.28. The lowest BCUT2D eigenvalue weighted by molar-refractivity contribution is -0.122. The quantitative estimate of drug-likeness (QED) is 0.891. The van der Waals surface area contributed by atoms with Gasteiger partial charge in [0, 0.05) is 17.7 Å². The van der Waals surface area contributed by atoms with Crippen molar-refractivity contribution in [2.75, 3.05) is 5.32 Å². The molecule has 18 heavy (non-hydrogen) atoms. The molecule has 0 aromatic heterocycles. The molecule has 0 atom stereocenters. The Balaban J connectivity index is 2.01. The number of benzene rings is 1. The molecule has 4 heteroatoms. The Labute approximate surface area is 106 Å². The molecule has 1 aliphatic rings. The lowest BCUT2D eigenvalue weighted by atomic mass is 9.85. The molecule has 0 heterocycles. The Hall–Kier alpha value is -1.58. The zero-order valence-corrected chi connectivity index (χ0v) is 10.7. The minimum Gasteiger partial charge on any atom is -0.488 e. The first-order valence-corrected chi connectivity index (χ1v) is 6.33. The minimum absolute atomic E-state index is 0.0156. The van der Waals surface area contributed by atoms with Crippen LogP contribution in [0.5, 0.6) is 5.75 Å². The van der Waals surface area contributed by atoms with E-state index in [0.717, 1.165) is 19.3 Å². The van der Waals surface area contributed by atoms with Gasteiger partial charge in [0.2, 0.25) is 5.91 Å². The van der Waals surface area contributed by atoms with E-state index < -0.39 is 5.82 Å². The standard InChI is InChI=1S/C14H18FNO2/c1-9(2)18-13-7-6-11(8-12(13)15)16-14(17)10-4-3-5-10/h6-10H,3-5H2,1-2H3,(H,16,17). The van der Waals surface area contributed by atoms with Crippen molar-refractivity contribution in [1.29, 1.82) is 0 Å². The fraction of sp³-hybridized carbons (Fsp3) is 0.500. The number of ether oxygens (including phenoxy) is 1. The number of nitrogens with one attached hydrogen (secondary N) is 1. The van der Waals surface area contributed by atoms with E-state index in [2.05, 4.69) is 5.32 Å². The smallest absolute Gasteiger partial charge is 0.227 e. The Morgan fingerprint density at radius 1 is 1.44 bits per heavy atom. The van der Waals surface area contributed by atoms with Crippen LogP contribution in [0, 0.1) is 11.7 Å². The minimum atomic E-state index is -0.449. The van der Waals surface area contributed by atoms with E-state index in [9.17, 15) is 9.18 Å². The third-order valence-electron chi connectivity index (χ3n) is 3.04. The summed E-state index contributed by atoms with van der Waals surface area (Å²) in [7, 11) is 0. The molecule has 0 spiro atoms. The summed E-state index contributed by atoms with van der Waals surface area (Å²) in [5, 5.41) is 2.73. The molecule has 1 aromatic carbocycles. The van der Waals surface area contributed by atoms with Gasteiger partial charge in [-0.3, -0.25) is 4.79 Å². The number of halogens is 1. The van der Waals surface area contributed by atoms with Crippen LogP contribution in [0.4, 0.5) is 10.1 Å². The molecule has 1 fully saturated rings. The van der Waals surface area contributed by atoms with Crippen LogP contribution in [0.25, 0.3) is 0 Å². The maximum atomic E-state index is 13.7. The number of anilines is 1. The van der Waals surface area contributed by atoms with Gasteiger partial charge in [-0.1, -0.05) is 6.42 Å². The van der Waals surface area contributed by atoms with Gasteiger partial charge in [0.25, 0.3) is 0 Å². The number of hydrogen-bond acceptors (Lipinski definition) is 2. The first-order valence-electron chi connectivity index (χ1n) is 6.33. The fourth-order valence-corrected chi connectivity index (χ4v) is 1.84. The van der Waals surface area contributed by atoms with Crippen molar-refractivity contribution in [1.82, 2.24) is 0 Å².